The lowest BCUT2D eigenvalue weighted by molar-refractivity contribution is 0.0979. The lowest BCUT2D eigenvalue weighted by atomic mass is 9.92. The summed E-state index contributed by atoms with van der Waals surface area (Å²) in [6, 6.07) is 14.3. The molecule has 0 bridgehead atoms. The molecule has 1 unspecified atom stereocenters. The van der Waals surface area contributed by atoms with Gasteiger partial charge in [0.25, 0.3) is 0 Å². The zero-order chi connectivity index (χ0) is 17.5. The van der Waals surface area contributed by atoms with Gasteiger partial charge in [-0.1, -0.05) is 0 Å². The van der Waals surface area contributed by atoms with Crippen LogP contribution in [-0.2, 0) is 0 Å². The Morgan fingerprint density at radius 2 is 1.50 bits per heavy atom. The van der Waals surface area contributed by atoms with E-state index in [2.05, 4.69) is 6.07 Å². The Morgan fingerprint density at radius 1 is 0.958 bits per heavy atom. The van der Waals surface area contributed by atoms with Gasteiger partial charge < -0.3 is 14.2 Å². The first kappa shape index (κ1) is 17.4. The van der Waals surface area contributed by atoms with E-state index in [-0.39, 0.29) is 12.2 Å². The fourth-order valence-corrected chi connectivity index (χ4v) is 2.35. The third-order valence-corrected chi connectivity index (χ3v) is 3.73. The highest BCUT2D eigenvalue weighted by Crippen LogP contribution is 2.30. The molecule has 1 atom stereocenters. The fraction of sp³-hybridized carbons (Fsp3) is 0.263. The molecule has 0 spiro atoms. The van der Waals surface area contributed by atoms with Crippen molar-refractivity contribution in [3.8, 4) is 23.3 Å². The second-order valence-corrected chi connectivity index (χ2v) is 5.18. The van der Waals surface area contributed by atoms with Crippen molar-refractivity contribution in [2.75, 3.05) is 21.3 Å². The molecule has 0 radical (unpaired) electrons. The highest BCUT2D eigenvalue weighted by molar-refractivity contribution is 5.96. The molecule has 2 aromatic carbocycles. The number of methoxy groups -OCH3 is 3. The zero-order valence-electron chi connectivity index (χ0n) is 13.9. The molecule has 5 heteroatoms. The summed E-state index contributed by atoms with van der Waals surface area (Å²) < 4.78 is 15.5. The molecule has 0 amide bonds. The molecule has 0 aromatic heterocycles. The number of benzene rings is 2. The van der Waals surface area contributed by atoms with Gasteiger partial charge in [0.1, 0.15) is 17.2 Å². The van der Waals surface area contributed by atoms with Crippen LogP contribution in [0.3, 0.4) is 0 Å². The summed E-state index contributed by atoms with van der Waals surface area (Å²) in [6.45, 7) is 0. The quantitative estimate of drug-likeness (QED) is 0.728. The Morgan fingerprint density at radius 3 is 1.96 bits per heavy atom. The van der Waals surface area contributed by atoms with E-state index in [0.29, 0.717) is 28.4 Å². The summed E-state index contributed by atoms with van der Waals surface area (Å²) in [5, 5.41) is 9.48. The van der Waals surface area contributed by atoms with Gasteiger partial charge in [-0.25, -0.2) is 0 Å². The first-order valence-corrected chi connectivity index (χ1v) is 7.41. The standard InChI is InChI=1S/C19H19NO4/c1-22-16-6-4-13(5-7-16)19(21)10-15(12-20)14-8-17(23-2)11-18(9-14)24-3/h4-9,11,15H,10H2,1-3H3. The van der Waals surface area contributed by atoms with Crippen LogP contribution in [0.25, 0.3) is 0 Å². The number of ether oxygens (including phenoxy) is 3. The number of rotatable bonds is 7. The maximum atomic E-state index is 12.4. The number of Topliss-reactive ketones (excluding diaryl/α,β-unsaturated/α-hetero) is 1. The molecule has 0 heterocycles. The van der Waals surface area contributed by atoms with Crippen molar-refractivity contribution < 1.29 is 19.0 Å². The van der Waals surface area contributed by atoms with Gasteiger partial charge in [0.15, 0.2) is 5.78 Å². The molecule has 2 aromatic rings. The van der Waals surface area contributed by atoms with Crippen LogP contribution in [0.4, 0.5) is 0 Å². The number of carbonyl (C=O) groups is 1. The minimum atomic E-state index is -0.580. The monoisotopic (exact) mass is 325 g/mol. The molecule has 0 saturated heterocycles. The van der Waals surface area contributed by atoms with Crippen LogP contribution in [0.2, 0.25) is 0 Å². The van der Waals surface area contributed by atoms with Crippen molar-refractivity contribution in [2.45, 2.75) is 12.3 Å². The predicted molar refractivity (Wildman–Crippen MR) is 89.8 cm³/mol. The molecule has 124 valence electrons. The summed E-state index contributed by atoms with van der Waals surface area (Å²) in [5.41, 5.74) is 1.24. The predicted octanol–water partition coefficient (Wildman–Crippen LogP) is 3.59. The Hall–Kier alpha value is -3.00. The van der Waals surface area contributed by atoms with E-state index in [4.69, 9.17) is 14.2 Å². The van der Waals surface area contributed by atoms with E-state index in [9.17, 15) is 10.1 Å². The maximum absolute atomic E-state index is 12.4. The van der Waals surface area contributed by atoms with Crippen LogP contribution in [0, 0.1) is 11.3 Å². The van der Waals surface area contributed by atoms with Gasteiger partial charge in [-0.05, 0) is 42.0 Å². The first-order chi connectivity index (χ1) is 11.6. The van der Waals surface area contributed by atoms with Crippen LogP contribution in [0.15, 0.2) is 42.5 Å². The van der Waals surface area contributed by atoms with Crippen LogP contribution < -0.4 is 14.2 Å². The van der Waals surface area contributed by atoms with Crippen molar-refractivity contribution >= 4 is 5.78 Å². The highest BCUT2D eigenvalue weighted by atomic mass is 16.5. The van der Waals surface area contributed by atoms with Gasteiger partial charge >= 0.3 is 0 Å². The second-order valence-electron chi connectivity index (χ2n) is 5.18. The molecule has 0 N–H and O–H groups in total. The molecule has 0 fully saturated rings. The molecular weight excluding hydrogens is 306 g/mol. The van der Waals surface area contributed by atoms with Crippen molar-refractivity contribution in [3.05, 3.63) is 53.6 Å². The Balaban J connectivity index is 2.22. The highest BCUT2D eigenvalue weighted by Gasteiger charge is 2.18. The Kier molecular flexibility index (Phi) is 5.80. The van der Waals surface area contributed by atoms with E-state index in [1.54, 1.807) is 63.8 Å². The number of nitriles is 1. The van der Waals surface area contributed by atoms with E-state index in [1.807, 2.05) is 0 Å². The summed E-state index contributed by atoms with van der Waals surface area (Å²) in [7, 11) is 4.66. The smallest absolute Gasteiger partial charge is 0.164 e. The average Bonchev–Trinajstić information content (AvgIpc) is 2.65. The number of hydrogen-bond acceptors (Lipinski definition) is 5. The summed E-state index contributed by atoms with van der Waals surface area (Å²) >= 11 is 0. The molecule has 0 saturated carbocycles. The number of carbonyl (C=O) groups excluding carboxylic acids is 1. The van der Waals surface area contributed by atoms with Crippen LogP contribution in [0.5, 0.6) is 17.2 Å². The lowest BCUT2D eigenvalue weighted by Crippen LogP contribution is -2.07. The topological polar surface area (TPSA) is 68.6 Å². The largest absolute Gasteiger partial charge is 0.497 e. The molecular formula is C19H19NO4. The van der Waals surface area contributed by atoms with Crippen LogP contribution in [0.1, 0.15) is 28.3 Å². The first-order valence-electron chi connectivity index (χ1n) is 7.41. The maximum Gasteiger partial charge on any atom is 0.164 e. The van der Waals surface area contributed by atoms with Crippen LogP contribution >= 0.6 is 0 Å². The van der Waals surface area contributed by atoms with Crippen molar-refractivity contribution in [2.24, 2.45) is 0 Å². The van der Waals surface area contributed by atoms with Crippen LogP contribution in [-0.4, -0.2) is 27.1 Å². The molecule has 5 nitrogen and oxygen atoms in total. The minimum Gasteiger partial charge on any atom is -0.497 e. The van der Waals surface area contributed by atoms with E-state index in [1.165, 1.54) is 0 Å². The SMILES string of the molecule is COc1ccc(C(=O)CC(C#N)c2cc(OC)cc(OC)c2)cc1. The second kappa shape index (κ2) is 8.02. The summed E-state index contributed by atoms with van der Waals surface area (Å²) in [6.07, 6.45) is 0.0825. The van der Waals surface area contributed by atoms with Crippen molar-refractivity contribution in [3.63, 3.8) is 0 Å². The minimum absolute atomic E-state index is 0.0825. The van der Waals surface area contributed by atoms with Gasteiger partial charge in [-0.15, -0.1) is 0 Å². The molecule has 24 heavy (non-hydrogen) atoms. The van der Waals surface area contributed by atoms with Gasteiger partial charge in [0, 0.05) is 18.1 Å². The van der Waals surface area contributed by atoms with E-state index < -0.39 is 5.92 Å². The molecule has 2 rings (SSSR count). The third kappa shape index (κ3) is 4.05. The lowest BCUT2D eigenvalue weighted by Gasteiger charge is -2.12. The van der Waals surface area contributed by atoms with Gasteiger partial charge in [-0.3, -0.25) is 4.79 Å². The molecule has 0 aliphatic carbocycles. The number of nitrogens with zero attached hydrogens (tertiary/aromatic N) is 1. The van der Waals surface area contributed by atoms with E-state index in [0.717, 1.165) is 0 Å². The van der Waals surface area contributed by atoms with Gasteiger partial charge in [0.2, 0.25) is 0 Å². The Labute approximate surface area is 141 Å². The molecule has 0 aliphatic heterocycles. The average molecular weight is 325 g/mol. The van der Waals surface area contributed by atoms with Crippen molar-refractivity contribution in [1.82, 2.24) is 0 Å². The van der Waals surface area contributed by atoms with Gasteiger partial charge in [0.05, 0.1) is 33.3 Å². The number of ketones is 1. The number of hydrogen-bond donors (Lipinski definition) is 0. The normalized spacial score (nSPS) is 11.2. The van der Waals surface area contributed by atoms with E-state index >= 15 is 0 Å². The zero-order valence-corrected chi connectivity index (χ0v) is 13.9. The van der Waals surface area contributed by atoms with Gasteiger partial charge in [-0.2, -0.15) is 5.26 Å². The third-order valence-electron chi connectivity index (χ3n) is 3.73. The molecule has 0 aliphatic rings. The Bertz CT molecular complexity index is 725. The van der Waals surface area contributed by atoms with Crippen molar-refractivity contribution in [1.29, 1.82) is 5.26 Å². The fourth-order valence-electron chi connectivity index (χ4n) is 2.35. The summed E-state index contributed by atoms with van der Waals surface area (Å²) in [5.74, 6) is 1.17. The summed E-state index contributed by atoms with van der Waals surface area (Å²) in [4.78, 5) is 12.4.